The van der Waals surface area contributed by atoms with Crippen molar-refractivity contribution in [3.05, 3.63) is 70.5 Å². The number of rotatable bonds is 7. The van der Waals surface area contributed by atoms with E-state index < -0.39 is 0 Å². The highest BCUT2D eigenvalue weighted by atomic mass is 35.5. The summed E-state index contributed by atoms with van der Waals surface area (Å²) in [5, 5.41) is 3.41. The molecule has 2 aromatic carbocycles. The molecule has 0 bridgehead atoms. The number of carbonyl (C=O) groups is 1. The van der Waals surface area contributed by atoms with E-state index in [-0.39, 0.29) is 23.5 Å². The van der Waals surface area contributed by atoms with Gasteiger partial charge in [0.05, 0.1) is 11.8 Å². The van der Waals surface area contributed by atoms with Gasteiger partial charge in [-0.3, -0.25) is 4.79 Å². The van der Waals surface area contributed by atoms with E-state index in [4.69, 9.17) is 11.6 Å². The van der Waals surface area contributed by atoms with Gasteiger partial charge >= 0.3 is 0 Å². The summed E-state index contributed by atoms with van der Waals surface area (Å²) in [4.78, 5) is 12.1. The SMILES string of the molecule is CC[C@H](NC(=O)CSCc1c(F)cccc1Cl)c1ccccc1. The summed E-state index contributed by atoms with van der Waals surface area (Å²) < 4.78 is 13.7. The lowest BCUT2D eigenvalue weighted by Gasteiger charge is -2.17. The molecule has 0 saturated heterocycles. The second-order valence-corrected chi connectivity index (χ2v) is 6.52. The maximum absolute atomic E-state index is 13.7. The van der Waals surface area contributed by atoms with Crippen molar-refractivity contribution in [3.8, 4) is 0 Å². The van der Waals surface area contributed by atoms with E-state index in [0.717, 1.165) is 12.0 Å². The number of benzene rings is 2. The Balaban J connectivity index is 1.85. The largest absolute Gasteiger partial charge is 0.349 e. The van der Waals surface area contributed by atoms with Crippen molar-refractivity contribution in [2.45, 2.75) is 25.1 Å². The molecule has 0 aliphatic carbocycles. The number of thioether (sulfide) groups is 1. The van der Waals surface area contributed by atoms with E-state index in [2.05, 4.69) is 5.32 Å². The Morgan fingerprint density at radius 2 is 1.96 bits per heavy atom. The molecule has 0 aromatic heterocycles. The highest BCUT2D eigenvalue weighted by molar-refractivity contribution is 7.99. The van der Waals surface area contributed by atoms with Gasteiger partial charge in [0.1, 0.15) is 5.82 Å². The van der Waals surface area contributed by atoms with Gasteiger partial charge in [-0.25, -0.2) is 4.39 Å². The Morgan fingerprint density at radius 1 is 1.22 bits per heavy atom. The molecular weight excluding hydrogens is 333 g/mol. The molecule has 122 valence electrons. The third-order valence-corrected chi connectivity index (χ3v) is 4.80. The van der Waals surface area contributed by atoms with Crippen LogP contribution in [-0.4, -0.2) is 11.7 Å². The van der Waals surface area contributed by atoms with Gasteiger partial charge in [0, 0.05) is 16.3 Å². The van der Waals surface area contributed by atoms with Crippen LogP contribution in [0.1, 0.15) is 30.5 Å². The molecule has 0 unspecified atom stereocenters. The van der Waals surface area contributed by atoms with Crippen LogP contribution in [0.2, 0.25) is 5.02 Å². The minimum Gasteiger partial charge on any atom is -0.349 e. The molecule has 0 radical (unpaired) electrons. The summed E-state index contributed by atoms with van der Waals surface area (Å²) in [6.45, 7) is 2.03. The van der Waals surface area contributed by atoms with Crippen molar-refractivity contribution in [2.75, 3.05) is 5.75 Å². The molecule has 1 atom stereocenters. The molecule has 1 amide bonds. The fourth-order valence-electron chi connectivity index (χ4n) is 2.26. The average molecular weight is 352 g/mol. The Kier molecular flexibility index (Phi) is 6.93. The molecule has 2 rings (SSSR count). The van der Waals surface area contributed by atoms with Crippen LogP contribution in [-0.2, 0) is 10.5 Å². The Hall–Kier alpha value is -1.52. The van der Waals surface area contributed by atoms with Crippen LogP contribution in [0.15, 0.2) is 48.5 Å². The van der Waals surface area contributed by atoms with E-state index >= 15 is 0 Å². The molecule has 2 aromatic rings. The van der Waals surface area contributed by atoms with E-state index in [1.165, 1.54) is 17.8 Å². The average Bonchev–Trinajstić information content (AvgIpc) is 2.56. The minimum atomic E-state index is -0.332. The predicted octanol–water partition coefficient (Wildman–Crippen LogP) is 4.98. The number of carbonyl (C=O) groups excluding carboxylic acids is 1. The zero-order valence-corrected chi connectivity index (χ0v) is 14.5. The summed E-state index contributed by atoms with van der Waals surface area (Å²) in [6.07, 6.45) is 0.819. The van der Waals surface area contributed by atoms with Crippen molar-refractivity contribution in [1.29, 1.82) is 0 Å². The van der Waals surface area contributed by atoms with Crippen molar-refractivity contribution in [2.24, 2.45) is 0 Å². The smallest absolute Gasteiger partial charge is 0.230 e. The molecule has 0 spiro atoms. The molecule has 1 N–H and O–H groups in total. The summed E-state index contributed by atoms with van der Waals surface area (Å²) in [5.41, 5.74) is 1.53. The first-order valence-electron chi connectivity index (χ1n) is 7.46. The molecule has 0 aliphatic rings. The minimum absolute atomic E-state index is 0.00125. The van der Waals surface area contributed by atoms with Crippen LogP contribution in [0.3, 0.4) is 0 Å². The number of halogens is 2. The third-order valence-electron chi connectivity index (χ3n) is 3.49. The van der Waals surface area contributed by atoms with Gasteiger partial charge in [0.15, 0.2) is 0 Å². The van der Waals surface area contributed by atoms with Gasteiger partial charge in [-0.15, -0.1) is 11.8 Å². The number of hydrogen-bond acceptors (Lipinski definition) is 2. The fraction of sp³-hybridized carbons (Fsp3) is 0.278. The summed E-state index contributed by atoms with van der Waals surface area (Å²) in [6, 6.07) is 14.5. The molecule has 0 saturated carbocycles. The lowest BCUT2D eigenvalue weighted by atomic mass is 10.0. The first-order chi connectivity index (χ1) is 11.1. The molecule has 23 heavy (non-hydrogen) atoms. The first-order valence-corrected chi connectivity index (χ1v) is 9.00. The number of amides is 1. The van der Waals surface area contributed by atoms with E-state index in [1.807, 2.05) is 37.3 Å². The predicted molar refractivity (Wildman–Crippen MR) is 95.2 cm³/mol. The standard InChI is InChI=1S/C18H19ClFNOS/c1-2-17(13-7-4-3-5-8-13)21-18(22)12-23-11-14-15(19)9-6-10-16(14)20/h3-10,17H,2,11-12H2,1H3,(H,21,22)/t17-/m0/s1. The van der Waals surface area contributed by atoms with Crippen molar-refractivity contribution in [3.63, 3.8) is 0 Å². The summed E-state index contributed by atoms with van der Waals surface area (Å²) in [5.74, 6) is 0.258. The highest BCUT2D eigenvalue weighted by Gasteiger charge is 2.13. The topological polar surface area (TPSA) is 29.1 Å². The van der Waals surface area contributed by atoms with Crippen LogP contribution in [0.5, 0.6) is 0 Å². The van der Waals surface area contributed by atoms with Gasteiger partial charge in [-0.2, -0.15) is 0 Å². The van der Waals surface area contributed by atoms with E-state index in [0.29, 0.717) is 16.3 Å². The molecule has 0 aliphatic heterocycles. The Morgan fingerprint density at radius 3 is 2.61 bits per heavy atom. The van der Waals surface area contributed by atoms with Gasteiger partial charge in [-0.05, 0) is 24.1 Å². The van der Waals surface area contributed by atoms with Crippen LogP contribution in [0.25, 0.3) is 0 Å². The lowest BCUT2D eigenvalue weighted by Crippen LogP contribution is -2.29. The normalized spacial score (nSPS) is 12.0. The zero-order chi connectivity index (χ0) is 16.7. The maximum Gasteiger partial charge on any atom is 0.230 e. The lowest BCUT2D eigenvalue weighted by molar-refractivity contribution is -0.119. The Bertz CT molecular complexity index is 630. The number of nitrogens with one attached hydrogen (secondary N) is 1. The van der Waals surface area contributed by atoms with Crippen molar-refractivity contribution in [1.82, 2.24) is 5.32 Å². The van der Waals surface area contributed by atoms with Crippen molar-refractivity contribution >= 4 is 29.3 Å². The van der Waals surface area contributed by atoms with Gasteiger partial charge in [-0.1, -0.05) is 54.9 Å². The second-order valence-electron chi connectivity index (χ2n) is 5.13. The van der Waals surface area contributed by atoms with Crippen LogP contribution >= 0.6 is 23.4 Å². The first kappa shape index (κ1) is 17.8. The van der Waals surface area contributed by atoms with Gasteiger partial charge in [0.2, 0.25) is 5.91 Å². The quantitative estimate of drug-likeness (QED) is 0.762. The molecule has 5 heteroatoms. The summed E-state index contributed by atoms with van der Waals surface area (Å²) >= 11 is 7.33. The third kappa shape index (κ3) is 5.26. The molecule has 0 fully saturated rings. The molecule has 2 nitrogen and oxygen atoms in total. The Labute approximate surface area is 145 Å². The van der Waals surface area contributed by atoms with Crippen LogP contribution in [0, 0.1) is 5.82 Å². The van der Waals surface area contributed by atoms with Crippen LogP contribution in [0.4, 0.5) is 4.39 Å². The van der Waals surface area contributed by atoms with E-state index in [9.17, 15) is 9.18 Å². The maximum atomic E-state index is 13.7. The van der Waals surface area contributed by atoms with Crippen LogP contribution < -0.4 is 5.32 Å². The van der Waals surface area contributed by atoms with E-state index in [1.54, 1.807) is 12.1 Å². The second kappa shape index (κ2) is 8.94. The van der Waals surface area contributed by atoms with Crippen molar-refractivity contribution < 1.29 is 9.18 Å². The van der Waals surface area contributed by atoms with Gasteiger partial charge in [0.25, 0.3) is 0 Å². The fourth-order valence-corrected chi connectivity index (χ4v) is 3.44. The monoisotopic (exact) mass is 351 g/mol. The van der Waals surface area contributed by atoms with Gasteiger partial charge < -0.3 is 5.32 Å². The molecular formula is C18H19ClFNOS. The zero-order valence-electron chi connectivity index (χ0n) is 12.9. The number of hydrogen-bond donors (Lipinski definition) is 1. The summed E-state index contributed by atoms with van der Waals surface area (Å²) in [7, 11) is 0. The molecule has 0 heterocycles. The highest BCUT2D eigenvalue weighted by Crippen LogP contribution is 2.24.